The molecule has 5 aromatic rings. The number of carbonyl (C=O) groups excluding carboxylic acids is 4. The summed E-state index contributed by atoms with van der Waals surface area (Å²) >= 11 is 0. The number of aliphatic carboxylic acids is 2. The van der Waals surface area contributed by atoms with Crippen LogP contribution in [0.5, 0.6) is 0 Å². The Balaban J connectivity index is 0.992. The maximum absolute atomic E-state index is 13.3. The number of pyridine rings is 3. The van der Waals surface area contributed by atoms with Gasteiger partial charge in [-0.05, 0) is 79.6 Å². The van der Waals surface area contributed by atoms with Crippen LogP contribution in [0.2, 0.25) is 0 Å². The molecule has 1 aromatic carbocycles. The minimum atomic E-state index is -1.37. The molecule has 0 radical (unpaired) electrons. The zero-order valence-corrected chi connectivity index (χ0v) is 31.0. The maximum atomic E-state index is 13.3. The molecule has 7 rings (SSSR count). The summed E-state index contributed by atoms with van der Waals surface area (Å²) in [6.45, 7) is 3.36. The molecule has 0 spiro atoms. The van der Waals surface area contributed by atoms with Gasteiger partial charge in [-0.2, -0.15) is 0 Å². The predicted octanol–water partition coefficient (Wildman–Crippen LogP) is 2.99. The molecule has 2 aliphatic heterocycles. The Morgan fingerprint density at radius 2 is 1.33 bits per heavy atom. The van der Waals surface area contributed by atoms with Crippen LogP contribution in [0.4, 0.5) is 26.9 Å². The van der Waals surface area contributed by atoms with Crippen molar-refractivity contribution >= 4 is 63.9 Å². The van der Waals surface area contributed by atoms with E-state index in [9.17, 15) is 39.0 Å². The second kappa shape index (κ2) is 15.9. The topological polar surface area (TPSA) is 276 Å². The number of imide groups is 2. The maximum Gasteiger partial charge on any atom is 0.327 e. The third-order valence-electron chi connectivity index (χ3n) is 10.2. The van der Waals surface area contributed by atoms with Gasteiger partial charge in [0.05, 0.1) is 23.9 Å². The smallest absolute Gasteiger partial charge is 0.327 e. The van der Waals surface area contributed by atoms with E-state index in [0.29, 0.717) is 44.0 Å². The van der Waals surface area contributed by atoms with E-state index in [1.165, 1.54) is 31.1 Å². The number of hydrogen-bond donors (Lipinski definition) is 6. The lowest BCUT2D eigenvalue weighted by molar-refractivity contribution is -0.165. The molecule has 6 heterocycles. The number of aromatic nitrogens is 5. The molecule has 0 bridgehead atoms. The number of fused-ring (bicyclic) bond motifs is 1. The number of amides is 6. The number of rotatable bonds is 12. The van der Waals surface area contributed by atoms with E-state index in [-0.39, 0.29) is 18.7 Å². The van der Waals surface area contributed by atoms with E-state index in [0.717, 1.165) is 10.3 Å². The lowest BCUT2D eigenvalue weighted by atomic mass is 9.82. The Labute approximate surface area is 329 Å². The average molecular weight is 788 g/mol. The lowest BCUT2D eigenvalue weighted by Crippen LogP contribution is -2.68. The molecule has 2 aliphatic rings. The monoisotopic (exact) mass is 787 g/mol. The fraction of sp³-hybridized carbons (Fsp3) is 0.256. The molecule has 6 atom stereocenters. The third-order valence-corrected chi connectivity index (χ3v) is 10.2. The summed E-state index contributed by atoms with van der Waals surface area (Å²) in [5.74, 6) is -5.14. The number of likely N-dealkylation sites (tertiary alicyclic amines) is 2. The van der Waals surface area contributed by atoms with E-state index in [1.807, 2.05) is 6.07 Å². The largest absolute Gasteiger partial charge is 0.480 e. The molecular formula is C39H37N11O8. The number of β-lactam (4-membered cyclic amide) rings is 2. The minimum Gasteiger partial charge on any atom is -0.480 e. The number of carboxylic acids is 2. The predicted molar refractivity (Wildman–Crippen MR) is 205 cm³/mol. The molecule has 0 saturated carbocycles. The number of anilines is 3. The first-order valence-electron chi connectivity index (χ1n) is 18.1. The molecule has 0 aliphatic carbocycles. The van der Waals surface area contributed by atoms with Crippen LogP contribution in [-0.4, -0.2) is 92.8 Å². The first-order chi connectivity index (χ1) is 27.8. The molecule has 2 saturated heterocycles. The van der Waals surface area contributed by atoms with Crippen LogP contribution >= 0.6 is 0 Å². The van der Waals surface area contributed by atoms with E-state index in [2.05, 4.69) is 40.9 Å². The number of nitrogens with zero attached hydrogens (tertiary/aromatic N) is 7. The highest BCUT2D eigenvalue weighted by atomic mass is 16.4. The van der Waals surface area contributed by atoms with Gasteiger partial charge < -0.3 is 31.9 Å². The molecule has 6 amide bonds. The Morgan fingerprint density at radius 3 is 1.93 bits per heavy atom. The Kier molecular flexibility index (Phi) is 10.6. The number of carboxylic acid groups (broad SMARTS) is 2. The van der Waals surface area contributed by atoms with Crippen molar-refractivity contribution in [2.45, 2.75) is 50.9 Å². The second-order valence-electron chi connectivity index (χ2n) is 14.0. The minimum absolute atomic E-state index is 0.0459. The van der Waals surface area contributed by atoms with Crippen molar-refractivity contribution in [1.29, 1.82) is 0 Å². The molecule has 19 heteroatoms. The van der Waals surface area contributed by atoms with Crippen molar-refractivity contribution in [1.82, 2.24) is 45.4 Å². The lowest BCUT2D eigenvalue weighted by Gasteiger charge is -2.43. The molecule has 19 nitrogen and oxygen atoms in total. The van der Waals surface area contributed by atoms with E-state index < -0.39 is 71.8 Å². The van der Waals surface area contributed by atoms with Crippen molar-refractivity contribution in [2.24, 2.45) is 11.8 Å². The highest BCUT2D eigenvalue weighted by Crippen LogP contribution is 2.34. The molecular weight excluding hydrogens is 750 g/mol. The average Bonchev–Trinajstić information content (AvgIpc) is 3.19. The molecule has 296 valence electrons. The van der Waals surface area contributed by atoms with Crippen LogP contribution < -0.4 is 21.7 Å². The summed E-state index contributed by atoms with van der Waals surface area (Å²) in [4.78, 5) is 98.7. The normalized spacial score (nSPS) is 19.7. The van der Waals surface area contributed by atoms with Gasteiger partial charge in [0.1, 0.15) is 18.0 Å². The molecule has 4 aromatic heterocycles. The van der Waals surface area contributed by atoms with Crippen molar-refractivity contribution in [2.75, 3.05) is 11.1 Å². The van der Waals surface area contributed by atoms with Gasteiger partial charge >= 0.3 is 24.0 Å². The van der Waals surface area contributed by atoms with Crippen LogP contribution in [0, 0.1) is 11.8 Å². The number of hydrogen-bond acceptors (Lipinski definition) is 13. The van der Waals surface area contributed by atoms with Crippen molar-refractivity contribution in [3.8, 4) is 0 Å². The summed E-state index contributed by atoms with van der Waals surface area (Å²) in [6, 6.07) is 6.27. The Hall–Kier alpha value is -7.57. The molecule has 58 heavy (non-hydrogen) atoms. The first-order valence-corrected chi connectivity index (χ1v) is 18.1. The van der Waals surface area contributed by atoms with Gasteiger partial charge in [-0.25, -0.2) is 48.9 Å². The van der Waals surface area contributed by atoms with Crippen LogP contribution in [0.3, 0.4) is 0 Å². The summed E-state index contributed by atoms with van der Waals surface area (Å²) in [7, 11) is 0. The quantitative estimate of drug-likeness (QED) is 0.0992. The van der Waals surface area contributed by atoms with Crippen molar-refractivity contribution < 1.29 is 39.0 Å². The number of nitrogen functional groups attached to an aromatic ring is 1. The van der Waals surface area contributed by atoms with Crippen LogP contribution in [0.15, 0.2) is 86.0 Å². The first kappa shape index (κ1) is 38.7. The number of nitrogens with one attached hydrogen (secondary N) is 3. The highest BCUT2D eigenvalue weighted by molar-refractivity contribution is 6.08. The summed E-state index contributed by atoms with van der Waals surface area (Å²) in [5.41, 5.74) is 8.80. The number of carbonyl (C=O) groups is 6. The van der Waals surface area contributed by atoms with E-state index >= 15 is 0 Å². The Morgan fingerprint density at radius 1 is 0.741 bits per heavy atom. The van der Waals surface area contributed by atoms with Crippen LogP contribution in [-0.2, 0) is 32.0 Å². The molecule has 7 N–H and O–H groups in total. The number of benzene rings is 1. The van der Waals surface area contributed by atoms with Gasteiger partial charge in [0.2, 0.25) is 11.8 Å². The second-order valence-corrected chi connectivity index (χ2v) is 14.0. The SMILES string of the molecule is CC(NC(=O)N1C(=O)[C@H](Cc2ccnc(N)c2)[C@H]1C(=O)O)c1cncc2cc(Nc3cc(C[C@H]4C(=O)N(C(=O)N[C@H](C)c5cncnc5)[C@@H]4C(=O)O)ccn3)ccc12. The highest BCUT2D eigenvalue weighted by Gasteiger charge is 2.56. The fourth-order valence-electron chi connectivity index (χ4n) is 7.29. The van der Waals surface area contributed by atoms with Crippen LogP contribution in [0.1, 0.15) is 48.2 Å². The molecule has 2 fully saturated rings. The third kappa shape index (κ3) is 7.64. The van der Waals surface area contributed by atoms with Gasteiger partial charge in [0.15, 0.2) is 12.1 Å². The van der Waals surface area contributed by atoms with Gasteiger partial charge in [-0.3, -0.25) is 14.6 Å². The number of nitrogens with two attached hydrogens (primary N) is 1. The fourth-order valence-corrected chi connectivity index (χ4v) is 7.29. The Bertz CT molecular complexity index is 2450. The van der Waals surface area contributed by atoms with Gasteiger partial charge in [0, 0.05) is 59.4 Å². The van der Waals surface area contributed by atoms with Gasteiger partial charge in [-0.1, -0.05) is 6.07 Å². The summed E-state index contributed by atoms with van der Waals surface area (Å²) < 4.78 is 0. The zero-order chi connectivity index (χ0) is 41.2. The van der Waals surface area contributed by atoms with Gasteiger partial charge in [0.25, 0.3) is 0 Å². The van der Waals surface area contributed by atoms with Crippen molar-refractivity contribution in [3.05, 3.63) is 108 Å². The van der Waals surface area contributed by atoms with Crippen LogP contribution in [0.25, 0.3) is 10.8 Å². The van der Waals surface area contributed by atoms with Gasteiger partial charge in [-0.15, -0.1) is 0 Å². The van der Waals surface area contributed by atoms with Crippen molar-refractivity contribution in [3.63, 3.8) is 0 Å². The van der Waals surface area contributed by atoms with E-state index in [1.54, 1.807) is 62.6 Å². The molecule has 1 unspecified atom stereocenters. The summed E-state index contributed by atoms with van der Waals surface area (Å²) in [5, 5.41) is 29.9. The standard InChI is InChI=1S/C39H37N11O8/c1-19(24-15-42-18-43-16-24)46-38(57)49-33(37(55)56)28(35(49)52)10-22-6-8-45-31(12-22)48-25-3-4-26-23(13-25)14-41-17-29(26)20(2)47-39(58)50-32(36(53)54)27(34(50)51)9-21-5-7-44-30(40)11-21/h3-8,11-20,27-28,32-33H,9-10H2,1-2H3,(H2,40,44)(H,45,48)(H,46,57)(H,47,58)(H,53,54)(H,55,56)/t19-,20?,27-,28-,32+,33+/m1/s1. The van der Waals surface area contributed by atoms with E-state index in [4.69, 9.17) is 5.73 Å². The zero-order valence-electron chi connectivity index (χ0n) is 31.0. The summed E-state index contributed by atoms with van der Waals surface area (Å²) in [6.07, 6.45) is 10.7. The number of urea groups is 2.